The van der Waals surface area contributed by atoms with E-state index in [2.05, 4.69) is 20.9 Å². The van der Waals surface area contributed by atoms with Gasteiger partial charge in [-0.3, -0.25) is 10.1 Å². The molecule has 1 aliphatic heterocycles. The van der Waals surface area contributed by atoms with Crippen molar-refractivity contribution < 1.29 is 10.0 Å². The van der Waals surface area contributed by atoms with Crippen LogP contribution in [-0.4, -0.2) is 34.7 Å². The summed E-state index contributed by atoms with van der Waals surface area (Å²) >= 11 is 3.19. The molecule has 0 amide bonds. The van der Waals surface area contributed by atoms with E-state index in [1.165, 1.54) is 6.07 Å². The van der Waals surface area contributed by atoms with E-state index in [0.717, 1.165) is 25.9 Å². The highest BCUT2D eigenvalue weighted by atomic mass is 79.9. The van der Waals surface area contributed by atoms with Crippen molar-refractivity contribution in [2.75, 3.05) is 24.6 Å². The van der Waals surface area contributed by atoms with E-state index in [-0.39, 0.29) is 12.3 Å². The molecule has 1 saturated heterocycles. The molecule has 98 valence electrons. The van der Waals surface area contributed by atoms with Crippen molar-refractivity contribution in [2.24, 2.45) is 5.92 Å². The number of hydrogen-bond acceptors (Lipinski definition) is 5. The molecule has 0 bridgehead atoms. The fourth-order valence-corrected chi connectivity index (χ4v) is 2.56. The van der Waals surface area contributed by atoms with Gasteiger partial charge in [-0.15, -0.1) is 0 Å². The Kier molecular flexibility index (Phi) is 4.13. The highest BCUT2D eigenvalue weighted by Gasteiger charge is 2.28. The lowest BCUT2D eigenvalue weighted by molar-refractivity contribution is -0.384. The van der Waals surface area contributed by atoms with Crippen LogP contribution in [-0.2, 0) is 0 Å². The van der Waals surface area contributed by atoms with Crippen molar-refractivity contribution >= 4 is 27.4 Å². The van der Waals surface area contributed by atoms with Crippen LogP contribution < -0.4 is 4.90 Å². The monoisotopic (exact) mass is 315 g/mol. The number of aromatic nitrogens is 1. The number of anilines is 1. The molecule has 1 aromatic heterocycles. The first-order chi connectivity index (χ1) is 8.61. The maximum atomic E-state index is 11.0. The molecular weight excluding hydrogens is 302 g/mol. The Morgan fingerprint density at radius 3 is 3.11 bits per heavy atom. The van der Waals surface area contributed by atoms with Gasteiger partial charge < -0.3 is 10.0 Å². The molecule has 1 aliphatic rings. The minimum Gasteiger partial charge on any atom is -0.396 e. The Morgan fingerprint density at radius 2 is 2.44 bits per heavy atom. The largest absolute Gasteiger partial charge is 0.396 e. The second kappa shape index (κ2) is 5.62. The first-order valence-electron chi connectivity index (χ1n) is 5.77. The molecule has 1 aromatic rings. The first kappa shape index (κ1) is 13.2. The van der Waals surface area contributed by atoms with Gasteiger partial charge in [0.05, 0.1) is 4.92 Å². The lowest BCUT2D eigenvalue weighted by atomic mass is 10.1. The Balaban J connectivity index is 2.21. The van der Waals surface area contributed by atoms with Gasteiger partial charge in [-0.1, -0.05) is 0 Å². The topological polar surface area (TPSA) is 79.5 Å². The number of pyridine rings is 1. The summed E-state index contributed by atoms with van der Waals surface area (Å²) in [7, 11) is 0. The molecule has 0 spiro atoms. The molecule has 1 N–H and O–H groups in total. The zero-order chi connectivity index (χ0) is 13.1. The Labute approximate surface area is 113 Å². The Bertz CT molecular complexity index is 455. The molecule has 6 nitrogen and oxygen atoms in total. The molecule has 1 atom stereocenters. The molecular formula is C11H14BrN3O3. The van der Waals surface area contributed by atoms with Gasteiger partial charge in [-0.2, -0.15) is 0 Å². The van der Waals surface area contributed by atoms with Crippen molar-refractivity contribution in [1.29, 1.82) is 0 Å². The summed E-state index contributed by atoms with van der Waals surface area (Å²) in [4.78, 5) is 16.7. The summed E-state index contributed by atoms with van der Waals surface area (Å²) in [5, 5.41) is 19.9. The van der Waals surface area contributed by atoms with Crippen LogP contribution in [0.3, 0.4) is 0 Å². The van der Waals surface area contributed by atoms with Crippen molar-refractivity contribution in [3.63, 3.8) is 0 Å². The highest BCUT2D eigenvalue weighted by Crippen LogP contribution is 2.32. The minimum absolute atomic E-state index is 0.0222. The van der Waals surface area contributed by atoms with Crippen LogP contribution in [0.25, 0.3) is 0 Å². The number of hydrogen-bond donors (Lipinski definition) is 1. The standard InChI is InChI=1S/C11H14BrN3O3/c12-9-5-10(15(17)18)11(13-6-9)14-3-1-8(7-14)2-4-16/h5-6,8,16H,1-4,7H2. The number of rotatable bonds is 4. The smallest absolute Gasteiger partial charge is 0.312 e. The zero-order valence-corrected chi connectivity index (χ0v) is 11.3. The molecule has 0 saturated carbocycles. The van der Waals surface area contributed by atoms with E-state index >= 15 is 0 Å². The Hall–Kier alpha value is -1.21. The number of aliphatic hydroxyl groups is 1. The van der Waals surface area contributed by atoms with Crippen molar-refractivity contribution in [3.8, 4) is 0 Å². The van der Waals surface area contributed by atoms with E-state index in [4.69, 9.17) is 5.11 Å². The van der Waals surface area contributed by atoms with Crippen LogP contribution in [0, 0.1) is 16.0 Å². The van der Waals surface area contributed by atoms with Crippen LogP contribution in [0.2, 0.25) is 0 Å². The summed E-state index contributed by atoms with van der Waals surface area (Å²) < 4.78 is 0.601. The van der Waals surface area contributed by atoms with Crippen molar-refractivity contribution in [1.82, 2.24) is 4.98 Å². The first-order valence-corrected chi connectivity index (χ1v) is 6.57. The predicted octanol–water partition coefficient (Wildman–Crippen LogP) is 1.96. The maximum Gasteiger partial charge on any atom is 0.312 e. The van der Waals surface area contributed by atoms with Gasteiger partial charge in [0.25, 0.3) is 0 Å². The summed E-state index contributed by atoms with van der Waals surface area (Å²) in [6, 6.07) is 1.47. The van der Waals surface area contributed by atoms with E-state index in [1.807, 2.05) is 4.90 Å². The van der Waals surface area contributed by atoms with Gasteiger partial charge in [-0.25, -0.2) is 4.98 Å². The van der Waals surface area contributed by atoms with Crippen LogP contribution >= 0.6 is 15.9 Å². The molecule has 0 aliphatic carbocycles. The van der Waals surface area contributed by atoms with Crippen LogP contribution in [0.5, 0.6) is 0 Å². The van der Waals surface area contributed by atoms with Gasteiger partial charge in [0, 0.05) is 36.4 Å². The minimum atomic E-state index is -0.410. The van der Waals surface area contributed by atoms with Crippen LogP contribution in [0.15, 0.2) is 16.7 Å². The van der Waals surface area contributed by atoms with Crippen molar-refractivity contribution in [2.45, 2.75) is 12.8 Å². The number of halogens is 1. The fourth-order valence-electron chi connectivity index (χ4n) is 2.24. The van der Waals surface area contributed by atoms with Crippen LogP contribution in [0.4, 0.5) is 11.5 Å². The van der Waals surface area contributed by atoms with E-state index < -0.39 is 4.92 Å². The summed E-state index contributed by atoms with van der Waals surface area (Å²) in [6.45, 7) is 1.63. The number of nitrogens with zero attached hydrogens (tertiary/aromatic N) is 3. The molecule has 0 aromatic carbocycles. The van der Waals surface area contributed by atoms with Crippen LogP contribution in [0.1, 0.15) is 12.8 Å². The SMILES string of the molecule is O=[N+]([O-])c1cc(Br)cnc1N1CCC(CCO)C1. The van der Waals surface area contributed by atoms with Gasteiger partial charge in [0.15, 0.2) is 0 Å². The summed E-state index contributed by atoms with van der Waals surface area (Å²) in [5.41, 5.74) is 0.0222. The Morgan fingerprint density at radius 1 is 1.67 bits per heavy atom. The molecule has 7 heteroatoms. The van der Waals surface area contributed by atoms with E-state index in [0.29, 0.717) is 16.2 Å². The quantitative estimate of drug-likeness (QED) is 0.678. The fraction of sp³-hybridized carbons (Fsp3) is 0.545. The van der Waals surface area contributed by atoms with Gasteiger partial charge >= 0.3 is 5.69 Å². The third-order valence-corrected chi connectivity index (χ3v) is 3.57. The molecule has 0 radical (unpaired) electrons. The zero-order valence-electron chi connectivity index (χ0n) is 9.75. The summed E-state index contributed by atoms with van der Waals surface area (Å²) in [5.74, 6) is 0.809. The average molecular weight is 316 g/mol. The lowest BCUT2D eigenvalue weighted by Crippen LogP contribution is -2.22. The van der Waals surface area contributed by atoms with Gasteiger partial charge in [0.1, 0.15) is 0 Å². The van der Waals surface area contributed by atoms with Gasteiger partial charge in [-0.05, 0) is 34.7 Å². The molecule has 2 rings (SSSR count). The number of nitro groups is 1. The molecule has 1 unspecified atom stereocenters. The number of aliphatic hydroxyl groups excluding tert-OH is 1. The maximum absolute atomic E-state index is 11.0. The second-order valence-electron chi connectivity index (χ2n) is 4.37. The average Bonchev–Trinajstić information content (AvgIpc) is 2.78. The van der Waals surface area contributed by atoms with E-state index in [9.17, 15) is 10.1 Å². The predicted molar refractivity (Wildman–Crippen MR) is 70.6 cm³/mol. The van der Waals surface area contributed by atoms with Crippen molar-refractivity contribution in [3.05, 3.63) is 26.9 Å². The molecule has 18 heavy (non-hydrogen) atoms. The van der Waals surface area contributed by atoms with E-state index in [1.54, 1.807) is 6.20 Å². The third kappa shape index (κ3) is 2.78. The lowest BCUT2D eigenvalue weighted by Gasteiger charge is -2.17. The molecule has 2 heterocycles. The highest BCUT2D eigenvalue weighted by molar-refractivity contribution is 9.10. The van der Waals surface area contributed by atoms with Gasteiger partial charge in [0.2, 0.25) is 5.82 Å². The summed E-state index contributed by atoms with van der Waals surface area (Å²) in [6.07, 6.45) is 3.25. The molecule has 1 fully saturated rings. The third-order valence-electron chi connectivity index (χ3n) is 3.13. The second-order valence-corrected chi connectivity index (χ2v) is 5.28. The normalized spacial score (nSPS) is 19.2.